The van der Waals surface area contributed by atoms with Gasteiger partial charge in [-0.1, -0.05) is 29.8 Å². The number of oxazole rings is 1. The van der Waals surface area contributed by atoms with Gasteiger partial charge >= 0.3 is 12.0 Å². The zero-order valence-corrected chi connectivity index (χ0v) is 21.7. The molecule has 3 N–H and O–H groups in total. The van der Waals surface area contributed by atoms with E-state index in [9.17, 15) is 19.7 Å². The van der Waals surface area contributed by atoms with E-state index in [1.807, 2.05) is 0 Å². The van der Waals surface area contributed by atoms with Gasteiger partial charge in [-0.05, 0) is 31.2 Å². The number of guanidine groups is 1. The molecule has 1 atom stereocenters. The number of hydrogen-bond donors (Lipinski definition) is 3. The van der Waals surface area contributed by atoms with E-state index in [0.717, 1.165) is 0 Å². The first-order valence-corrected chi connectivity index (χ1v) is 12.1. The van der Waals surface area contributed by atoms with E-state index in [-0.39, 0.29) is 40.1 Å². The molecule has 3 heterocycles. The van der Waals surface area contributed by atoms with Crippen LogP contribution in [0.2, 0.25) is 5.02 Å². The number of halogens is 1. The molecule has 14 heteroatoms. The minimum atomic E-state index is -0.855. The van der Waals surface area contributed by atoms with Crippen molar-refractivity contribution < 1.29 is 23.7 Å². The number of esters is 1. The van der Waals surface area contributed by atoms with E-state index in [2.05, 4.69) is 30.9 Å². The SMILES string of the molecule is COC(=O)c1ccnc(NC(=O)C2=C(C)NC(Nc3nc4cc([N+](=O)[O-])ccc4o3)=NC2c2ccccc2Cl)c1. The summed E-state index contributed by atoms with van der Waals surface area (Å²) >= 11 is 6.49. The molecule has 5 rings (SSSR count). The van der Waals surface area contributed by atoms with Gasteiger partial charge in [-0.2, -0.15) is 4.98 Å². The third-order valence-electron chi connectivity index (χ3n) is 5.92. The third-order valence-corrected chi connectivity index (χ3v) is 6.26. The number of amides is 1. The van der Waals surface area contributed by atoms with Crippen LogP contribution >= 0.6 is 11.6 Å². The monoisotopic (exact) mass is 561 g/mol. The molecule has 1 unspecified atom stereocenters. The number of benzene rings is 2. The second kappa shape index (κ2) is 10.8. The number of aliphatic imine (C=N–C) groups is 1. The Balaban J connectivity index is 1.47. The molecule has 2 aromatic carbocycles. The molecule has 1 aliphatic rings. The molecule has 202 valence electrons. The van der Waals surface area contributed by atoms with Crippen molar-refractivity contribution in [2.24, 2.45) is 4.99 Å². The lowest BCUT2D eigenvalue weighted by atomic mass is 9.95. The average Bonchev–Trinajstić information content (AvgIpc) is 3.34. The molecule has 0 saturated heterocycles. The number of rotatable bonds is 6. The Labute approximate surface area is 231 Å². The summed E-state index contributed by atoms with van der Waals surface area (Å²) < 4.78 is 10.4. The average molecular weight is 562 g/mol. The van der Waals surface area contributed by atoms with Crippen LogP contribution in [0.25, 0.3) is 11.1 Å². The van der Waals surface area contributed by atoms with E-state index in [4.69, 9.17) is 20.8 Å². The minimum Gasteiger partial charge on any atom is -0.465 e. The van der Waals surface area contributed by atoms with Gasteiger partial charge < -0.3 is 19.8 Å². The first kappa shape index (κ1) is 26.3. The van der Waals surface area contributed by atoms with Gasteiger partial charge in [0.05, 0.1) is 23.2 Å². The third kappa shape index (κ3) is 5.31. The number of nitrogens with zero attached hydrogens (tertiary/aromatic N) is 4. The molecule has 1 amide bonds. The summed E-state index contributed by atoms with van der Waals surface area (Å²) in [5.74, 6) is -0.762. The number of anilines is 2. The Bertz CT molecular complexity index is 1730. The fourth-order valence-corrected chi connectivity index (χ4v) is 4.31. The van der Waals surface area contributed by atoms with Gasteiger partial charge in [0.15, 0.2) is 5.58 Å². The van der Waals surface area contributed by atoms with Crippen molar-refractivity contribution in [3.05, 3.63) is 98.3 Å². The van der Waals surface area contributed by atoms with Crippen LogP contribution in [0, 0.1) is 10.1 Å². The normalized spacial score (nSPS) is 14.8. The molecule has 2 aromatic heterocycles. The first-order valence-electron chi connectivity index (χ1n) is 11.7. The predicted molar refractivity (Wildman–Crippen MR) is 146 cm³/mol. The summed E-state index contributed by atoms with van der Waals surface area (Å²) in [5, 5.41) is 20.1. The van der Waals surface area contributed by atoms with E-state index < -0.39 is 22.8 Å². The number of ether oxygens (including phenoxy) is 1. The Morgan fingerprint density at radius 1 is 1.18 bits per heavy atom. The zero-order chi connectivity index (χ0) is 28.4. The van der Waals surface area contributed by atoms with Crippen LogP contribution in [0.5, 0.6) is 0 Å². The number of nitro groups is 1. The molecule has 0 saturated carbocycles. The number of aromatic nitrogens is 2. The highest BCUT2D eigenvalue weighted by molar-refractivity contribution is 6.31. The van der Waals surface area contributed by atoms with E-state index >= 15 is 0 Å². The maximum absolute atomic E-state index is 13.5. The van der Waals surface area contributed by atoms with Crippen LogP contribution < -0.4 is 16.0 Å². The number of hydrogen-bond acceptors (Lipinski definition) is 11. The Morgan fingerprint density at radius 2 is 1.98 bits per heavy atom. The maximum atomic E-state index is 13.5. The number of carbonyl (C=O) groups excluding carboxylic acids is 2. The molecular formula is C26H20ClN7O6. The molecule has 0 aliphatic carbocycles. The highest BCUT2D eigenvalue weighted by Gasteiger charge is 2.31. The van der Waals surface area contributed by atoms with Gasteiger partial charge in [0.25, 0.3) is 11.6 Å². The maximum Gasteiger partial charge on any atom is 0.338 e. The van der Waals surface area contributed by atoms with Crippen molar-refractivity contribution >= 4 is 58.1 Å². The predicted octanol–water partition coefficient (Wildman–Crippen LogP) is 4.60. The van der Waals surface area contributed by atoms with E-state index in [0.29, 0.717) is 21.9 Å². The number of carbonyl (C=O) groups is 2. The molecule has 1 aliphatic heterocycles. The first-order chi connectivity index (χ1) is 19.2. The number of nitrogens with one attached hydrogen (secondary N) is 3. The summed E-state index contributed by atoms with van der Waals surface area (Å²) in [6.45, 7) is 1.68. The van der Waals surface area contributed by atoms with Crippen LogP contribution in [0.15, 0.2) is 81.5 Å². The smallest absolute Gasteiger partial charge is 0.338 e. The van der Waals surface area contributed by atoms with Crippen molar-refractivity contribution in [2.45, 2.75) is 13.0 Å². The summed E-state index contributed by atoms with van der Waals surface area (Å²) in [6, 6.07) is 13.1. The van der Waals surface area contributed by atoms with Crippen LogP contribution in [0.3, 0.4) is 0 Å². The molecule has 4 aromatic rings. The minimum absolute atomic E-state index is 0.0317. The van der Waals surface area contributed by atoms with Gasteiger partial charge in [0.1, 0.15) is 17.4 Å². The van der Waals surface area contributed by atoms with Gasteiger partial charge in [0.2, 0.25) is 5.96 Å². The van der Waals surface area contributed by atoms with Crippen molar-refractivity contribution in [3.63, 3.8) is 0 Å². The summed E-state index contributed by atoms with van der Waals surface area (Å²) in [7, 11) is 1.26. The van der Waals surface area contributed by atoms with Crippen LogP contribution in [-0.2, 0) is 9.53 Å². The Hall–Kier alpha value is -5.30. The fraction of sp³-hybridized carbons (Fsp3) is 0.115. The van der Waals surface area contributed by atoms with Crippen LogP contribution in [0.4, 0.5) is 17.5 Å². The standard InChI is InChI=1S/C26H20ClN7O6/c1-13-21(23(35)31-20-11-14(9-10-28-20)24(36)39-2)22(16-5-3-4-6-17(16)27)32-25(29-13)33-26-30-18-12-15(34(37)38)7-8-19(18)40-26/h3-12,22H,1-2H3,(H,28,31,35)(H2,29,30,32,33). The van der Waals surface area contributed by atoms with Crippen molar-refractivity contribution in [1.82, 2.24) is 15.3 Å². The Kier molecular flexibility index (Phi) is 7.12. The fourth-order valence-electron chi connectivity index (χ4n) is 4.07. The Morgan fingerprint density at radius 3 is 2.73 bits per heavy atom. The lowest BCUT2D eigenvalue weighted by Crippen LogP contribution is -2.37. The number of pyridine rings is 1. The molecule has 0 bridgehead atoms. The molecule has 13 nitrogen and oxygen atoms in total. The molecule has 0 radical (unpaired) electrons. The highest BCUT2D eigenvalue weighted by Crippen LogP contribution is 2.35. The molecular weight excluding hydrogens is 542 g/mol. The van der Waals surface area contributed by atoms with E-state index in [1.54, 1.807) is 31.2 Å². The number of nitro benzene ring substituents is 1. The molecule has 0 fully saturated rings. The second-order valence-electron chi connectivity index (χ2n) is 8.49. The molecule has 0 spiro atoms. The lowest BCUT2D eigenvalue weighted by molar-refractivity contribution is -0.384. The van der Waals surface area contributed by atoms with Gasteiger partial charge in [-0.15, -0.1) is 0 Å². The quantitative estimate of drug-likeness (QED) is 0.171. The van der Waals surface area contributed by atoms with Gasteiger partial charge in [0, 0.05) is 34.6 Å². The van der Waals surface area contributed by atoms with Crippen molar-refractivity contribution in [1.29, 1.82) is 0 Å². The van der Waals surface area contributed by atoms with Gasteiger partial charge in [-0.25, -0.2) is 14.8 Å². The topological polar surface area (TPSA) is 174 Å². The summed E-state index contributed by atoms with van der Waals surface area (Å²) in [4.78, 5) is 49.0. The van der Waals surface area contributed by atoms with Crippen molar-refractivity contribution in [2.75, 3.05) is 17.7 Å². The largest absolute Gasteiger partial charge is 0.465 e. The van der Waals surface area contributed by atoms with Crippen LogP contribution in [0.1, 0.15) is 28.9 Å². The number of fused-ring (bicyclic) bond motifs is 1. The highest BCUT2D eigenvalue weighted by atomic mass is 35.5. The number of allylic oxidation sites excluding steroid dienone is 1. The lowest BCUT2D eigenvalue weighted by Gasteiger charge is -2.26. The summed E-state index contributed by atoms with van der Waals surface area (Å²) in [5.41, 5.74) is 1.95. The van der Waals surface area contributed by atoms with Crippen LogP contribution in [-0.4, -0.2) is 39.8 Å². The molecule has 40 heavy (non-hydrogen) atoms. The number of methoxy groups -OCH3 is 1. The second-order valence-corrected chi connectivity index (χ2v) is 8.90. The zero-order valence-electron chi connectivity index (χ0n) is 21.0. The van der Waals surface area contributed by atoms with Crippen molar-refractivity contribution in [3.8, 4) is 0 Å². The van der Waals surface area contributed by atoms with Gasteiger partial charge in [-0.3, -0.25) is 20.2 Å². The number of non-ortho nitro benzene ring substituents is 1. The van der Waals surface area contributed by atoms with E-state index in [1.165, 1.54) is 43.6 Å². The summed E-state index contributed by atoms with van der Waals surface area (Å²) in [6.07, 6.45) is 1.38.